The molecule has 1 fully saturated rings. The molecular weight excluding hydrogens is 444 g/mol. The van der Waals surface area contributed by atoms with Crippen molar-refractivity contribution in [3.05, 3.63) is 74.6 Å². The summed E-state index contributed by atoms with van der Waals surface area (Å²) in [5, 5.41) is 0.850. The highest BCUT2D eigenvalue weighted by atomic mass is 16.5. The summed E-state index contributed by atoms with van der Waals surface area (Å²) in [5.74, 6) is 0.348. The first-order valence-electron chi connectivity index (χ1n) is 12.2. The van der Waals surface area contributed by atoms with Crippen LogP contribution in [0.5, 0.6) is 5.75 Å². The zero-order valence-electron chi connectivity index (χ0n) is 20.6. The third-order valence-corrected chi connectivity index (χ3v) is 7.45. The van der Waals surface area contributed by atoms with Gasteiger partial charge in [0.05, 0.1) is 19.1 Å². The summed E-state index contributed by atoms with van der Waals surface area (Å²) in [5.41, 5.74) is 4.43. The van der Waals surface area contributed by atoms with Crippen molar-refractivity contribution in [3.8, 4) is 5.75 Å². The van der Waals surface area contributed by atoms with E-state index in [1.54, 1.807) is 0 Å². The minimum Gasteiger partial charge on any atom is -0.477 e. The summed E-state index contributed by atoms with van der Waals surface area (Å²) < 4.78 is 16.6. The van der Waals surface area contributed by atoms with Crippen LogP contribution in [-0.4, -0.2) is 48.7 Å². The van der Waals surface area contributed by atoms with E-state index in [2.05, 4.69) is 46.2 Å². The van der Waals surface area contributed by atoms with E-state index in [-0.39, 0.29) is 6.42 Å². The van der Waals surface area contributed by atoms with Gasteiger partial charge in [0.1, 0.15) is 18.1 Å². The molecule has 0 unspecified atom stereocenters. The van der Waals surface area contributed by atoms with Crippen molar-refractivity contribution < 1.29 is 18.7 Å². The Morgan fingerprint density at radius 3 is 2.57 bits per heavy atom. The molecule has 0 bridgehead atoms. The number of likely N-dealkylation sites (tertiary alicyclic amines) is 1. The molecule has 0 atom stereocenters. The van der Waals surface area contributed by atoms with Gasteiger partial charge in [-0.2, -0.15) is 0 Å². The van der Waals surface area contributed by atoms with E-state index in [9.17, 15) is 9.59 Å². The van der Waals surface area contributed by atoms with Crippen LogP contribution in [0.25, 0.3) is 11.0 Å². The zero-order valence-corrected chi connectivity index (χ0v) is 20.6. The summed E-state index contributed by atoms with van der Waals surface area (Å²) in [6.07, 6.45) is 2.12. The monoisotopic (exact) mass is 476 g/mol. The van der Waals surface area contributed by atoms with E-state index in [1.165, 1.54) is 12.7 Å². The number of methoxy groups -OCH3 is 1. The van der Waals surface area contributed by atoms with E-state index in [0.29, 0.717) is 23.9 Å². The lowest BCUT2D eigenvalue weighted by molar-refractivity contribution is -0.139. The number of benzene rings is 2. The van der Waals surface area contributed by atoms with Gasteiger partial charge in [-0.1, -0.05) is 30.3 Å². The van der Waals surface area contributed by atoms with Gasteiger partial charge in [0.2, 0.25) is 0 Å². The highest BCUT2D eigenvalue weighted by molar-refractivity contribution is 5.88. The van der Waals surface area contributed by atoms with Gasteiger partial charge < -0.3 is 13.9 Å². The lowest BCUT2D eigenvalue weighted by Crippen LogP contribution is -2.47. The Hall–Kier alpha value is -3.16. The van der Waals surface area contributed by atoms with E-state index in [0.717, 1.165) is 66.8 Å². The molecule has 0 N–H and O–H groups in total. The number of nitrogens with zero attached hydrogens (tertiary/aromatic N) is 2. The molecule has 35 heavy (non-hydrogen) atoms. The Labute approximate surface area is 205 Å². The molecule has 0 aliphatic carbocycles. The largest absolute Gasteiger partial charge is 0.477 e. The predicted molar refractivity (Wildman–Crippen MR) is 133 cm³/mol. The first-order chi connectivity index (χ1) is 16.9. The van der Waals surface area contributed by atoms with E-state index in [4.69, 9.17) is 13.9 Å². The molecule has 7 heteroatoms. The molecule has 0 radical (unpaired) electrons. The maximum Gasteiger partial charge on any atom is 0.340 e. The Morgan fingerprint density at radius 2 is 1.86 bits per heavy atom. The second kappa shape index (κ2) is 9.84. The highest BCUT2D eigenvalue weighted by Crippen LogP contribution is 2.37. The Bertz CT molecular complexity index is 1290. The molecule has 7 nitrogen and oxygen atoms in total. The van der Waals surface area contributed by atoms with Crippen molar-refractivity contribution >= 4 is 16.9 Å². The number of fused-ring (bicyclic) bond motifs is 2. The summed E-state index contributed by atoms with van der Waals surface area (Å²) >= 11 is 0. The van der Waals surface area contributed by atoms with Gasteiger partial charge in [-0.15, -0.1) is 0 Å². The fourth-order valence-corrected chi connectivity index (χ4v) is 5.40. The van der Waals surface area contributed by atoms with Crippen molar-refractivity contribution in [3.63, 3.8) is 0 Å². The number of hydrogen-bond donors (Lipinski definition) is 0. The van der Waals surface area contributed by atoms with Crippen molar-refractivity contribution in [1.29, 1.82) is 0 Å². The number of carbonyl (C=O) groups is 1. The maximum absolute atomic E-state index is 12.6. The molecule has 1 aromatic heterocycles. The minimum absolute atomic E-state index is 0.0963. The topological polar surface area (TPSA) is 72.2 Å². The number of rotatable bonds is 5. The van der Waals surface area contributed by atoms with Crippen LogP contribution in [0.2, 0.25) is 0 Å². The second-order valence-corrected chi connectivity index (χ2v) is 9.63. The summed E-state index contributed by atoms with van der Waals surface area (Å²) in [7, 11) is 1.32. The standard InChI is InChI=1S/C28H32N2O5/c1-18-23-13-21-16-30(22-9-11-29(12-10-22)15-20-7-5-4-6-8-20)17-34-26(21)19(2)27(23)35-28(32)24(18)14-25(31)33-3/h4-8,13,22H,9-12,14-17H2,1-3H3. The van der Waals surface area contributed by atoms with Crippen LogP contribution in [0.4, 0.5) is 0 Å². The third-order valence-electron chi connectivity index (χ3n) is 7.45. The third kappa shape index (κ3) is 4.70. The number of hydrogen-bond acceptors (Lipinski definition) is 7. The number of ether oxygens (including phenoxy) is 2. The fourth-order valence-electron chi connectivity index (χ4n) is 5.40. The molecule has 2 aromatic carbocycles. The number of aryl methyl sites for hydroxylation is 2. The number of carbonyl (C=O) groups excluding carboxylic acids is 1. The van der Waals surface area contributed by atoms with Crippen molar-refractivity contribution in [2.24, 2.45) is 0 Å². The molecule has 2 aliphatic rings. The fraction of sp³-hybridized carbons (Fsp3) is 0.429. The highest BCUT2D eigenvalue weighted by Gasteiger charge is 2.30. The van der Waals surface area contributed by atoms with Crippen LogP contribution < -0.4 is 10.4 Å². The molecule has 2 aliphatic heterocycles. The minimum atomic E-state index is -0.497. The lowest BCUT2D eigenvalue weighted by Gasteiger charge is -2.40. The van der Waals surface area contributed by atoms with Gasteiger partial charge in [-0.3, -0.25) is 14.6 Å². The Kier molecular flexibility index (Phi) is 6.62. The van der Waals surface area contributed by atoms with Gasteiger partial charge in [0.25, 0.3) is 0 Å². The summed E-state index contributed by atoms with van der Waals surface area (Å²) in [4.78, 5) is 29.4. The molecule has 3 aromatic rings. The first kappa shape index (κ1) is 23.6. The molecule has 184 valence electrons. The second-order valence-electron chi connectivity index (χ2n) is 9.63. The molecule has 5 rings (SSSR count). The van der Waals surface area contributed by atoms with E-state index in [1.807, 2.05) is 13.8 Å². The van der Waals surface area contributed by atoms with Crippen molar-refractivity contribution in [2.75, 3.05) is 26.9 Å². The quantitative estimate of drug-likeness (QED) is 0.408. The Balaban J connectivity index is 1.34. The van der Waals surface area contributed by atoms with Crippen LogP contribution in [0.15, 0.2) is 45.6 Å². The van der Waals surface area contributed by atoms with E-state index >= 15 is 0 Å². The number of esters is 1. The smallest absolute Gasteiger partial charge is 0.340 e. The molecule has 1 saturated heterocycles. The van der Waals surface area contributed by atoms with Gasteiger partial charge in [-0.25, -0.2) is 4.79 Å². The van der Waals surface area contributed by atoms with Gasteiger partial charge in [0.15, 0.2) is 0 Å². The van der Waals surface area contributed by atoms with Crippen LogP contribution >= 0.6 is 0 Å². The average molecular weight is 477 g/mol. The molecule has 0 saturated carbocycles. The van der Waals surface area contributed by atoms with Gasteiger partial charge in [0, 0.05) is 35.6 Å². The predicted octanol–water partition coefficient (Wildman–Crippen LogP) is 3.94. The molecule has 3 heterocycles. The van der Waals surface area contributed by atoms with E-state index < -0.39 is 11.6 Å². The average Bonchev–Trinajstić information content (AvgIpc) is 2.88. The maximum atomic E-state index is 12.6. The lowest BCUT2D eigenvalue weighted by atomic mass is 9.96. The summed E-state index contributed by atoms with van der Waals surface area (Å²) in [6, 6.07) is 13.2. The van der Waals surface area contributed by atoms with Gasteiger partial charge >= 0.3 is 11.6 Å². The van der Waals surface area contributed by atoms with Crippen LogP contribution in [0.1, 0.15) is 40.7 Å². The van der Waals surface area contributed by atoms with Crippen molar-refractivity contribution in [1.82, 2.24) is 9.80 Å². The zero-order chi connectivity index (χ0) is 24.5. The normalized spacial score (nSPS) is 17.2. The molecule has 0 spiro atoms. The van der Waals surface area contributed by atoms with Crippen molar-refractivity contribution in [2.45, 2.75) is 52.2 Å². The van der Waals surface area contributed by atoms with Crippen LogP contribution in [0.3, 0.4) is 0 Å². The van der Waals surface area contributed by atoms with Crippen LogP contribution in [0, 0.1) is 13.8 Å². The molecule has 0 amide bonds. The first-order valence-corrected chi connectivity index (χ1v) is 12.2. The Morgan fingerprint density at radius 1 is 1.11 bits per heavy atom. The SMILES string of the molecule is COC(=O)Cc1c(C)c2cc3c(c(C)c2oc1=O)OCN(C1CCN(Cc2ccccc2)CC1)C3. The summed E-state index contributed by atoms with van der Waals surface area (Å²) in [6.45, 7) is 8.26. The van der Waals surface area contributed by atoms with Crippen LogP contribution in [-0.2, 0) is 29.0 Å². The number of piperidine rings is 1. The molecular formula is C28H32N2O5. The van der Waals surface area contributed by atoms with Gasteiger partial charge in [-0.05, 0) is 57.0 Å².